The van der Waals surface area contributed by atoms with Crippen molar-refractivity contribution in [3.8, 4) is 5.88 Å². The highest BCUT2D eigenvalue weighted by atomic mass is 79.9. The lowest BCUT2D eigenvalue weighted by atomic mass is 10.4. The van der Waals surface area contributed by atoms with Gasteiger partial charge in [0, 0.05) is 23.5 Å². The van der Waals surface area contributed by atoms with E-state index in [1.807, 2.05) is 4.72 Å². The molecule has 10 heteroatoms. The van der Waals surface area contributed by atoms with Gasteiger partial charge >= 0.3 is 0 Å². The van der Waals surface area contributed by atoms with Crippen LogP contribution in [0.2, 0.25) is 0 Å². The molecule has 0 aromatic carbocycles. The van der Waals surface area contributed by atoms with Crippen molar-refractivity contribution in [2.24, 2.45) is 0 Å². The molecule has 0 spiro atoms. The third kappa shape index (κ3) is 2.83. The Labute approximate surface area is 133 Å². The van der Waals surface area contributed by atoms with Crippen LogP contribution in [0.15, 0.2) is 26.2 Å². The molecule has 1 aliphatic rings. The van der Waals surface area contributed by atoms with Gasteiger partial charge in [-0.2, -0.15) is 5.10 Å². The zero-order chi connectivity index (χ0) is 15.0. The van der Waals surface area contributed by atoms with E-state index in [4.69, 9.17) is 4.74 Å². The zero-order valence-corrected chi connectivity index (χ0v) is 13.8. The van der Waals surface area contributed by atoms with Crippen molar-refractivity contribution in [3.63, 3.8) is 0 Å². The maximum atomic E-state index is 12.1. The minimum absolute atomic E-state index is 0.0168. The predicted octanol–water partition coefficient (Wildman–Crippen LogP) is 1.61. The topological polar surface area (TPSA) is 90.3 Å². The molecule has 3 rings (SSSR count). The van der Waals surface area contributed by atoms with Crippen LogP contribution in [0.3, 0.4) is 0 Å². The number of aryl methyl sites for hydroxylation is 1. The zero-order valence-electron chi connectivity index (χ0n) is 10.6. The summed E-state index contributed by atoms with van der Waals surface area (Å²) in [5.41, 5.74) is 0.0168. The summed E-state index contributed by atoms with van der Waals surface area (Å²) in [7, 11) is -3.91. The maximum Gasteiger partial charge on any atom is 0.285 e. The second-order valence-electron chi connectivity index (χ2n) is 4.28. The summed E-state index contributed by atoms with van der Waals surface area (Å²) in [6.07, 6.45) is 0.802. The van der Waals surface area contributed by atoms with Crippen LogP contribution in [-0.2, 0) is 16.6 Å². The highest BCUT2D eigenvalue weighted by molar-refractivity contribution is 9.10. The van der Waals surface area contributed by atoms with Gasteiger partial charge in [0.2, 0.25) is 5.88 Å². The van der Waals surface area contributed by atoms with E-state index >= 15 is 0 Å². The molecule has 21 heavy (non-hydrogen) atoms. The molecule has 0 fully saturated rings. The molecule has 1 N–H and O–H groups in total. The van der Waals surface area contributed by atoms with Crippen molar-refractivity contribution < 1.29 is 17.9 Å². The van der Waals surface area contributed by atoms with Gasteiger partial charge in [-0.15, -0.1) is 11.3 Å². The van der Waals surface area contributed by atoms with Crippen molar-refractivity contribution in [2.75, 3.05) is 6.61 Å². The summed E-state index contributed by atoms with van der Waals surface area (Å²) >= 11 is 4.16. The van der Waals surface area contributed by atoms with Gasteiger partial charge in [-0.05, 0) is 27.4 Å². The first-order valence-electron chi connectivity index (χ1n) is 5.98. The van der Waals surface area contributed by atoms with E-state index in [9.17, 15) is 13.2 Å². The third-order valence-corrected chi connectivity index (χ3v) is 6.80. The summed E-state index contributed by atoms with van der Waals surface area (Å²) in [4.78, 5) is 12.1. The Balaban J connectivity index is 1.83. The molecule has 7 nitrogen and oxygen atoms in total. The number of carbonyl (C=O) groups is 1. The fourth-order valence-electron chi connectivity index (χ4n) is 1.87. The fourth-order valence-corrected chi connectivity index (χ4v) is 5.17. The first-order chi connectivity index (χ1) is 9.97. The highest BCUT2D eigenvalue weighted by Gasteiger charge is 2.25. The number of aromatic nitrogens is 2. The van der Waals surface area contributed by atoms with Crippen LogP contribution in [0, 0.1) is 0 Å². The molecule has 2 aromatic rings. The Bertz CT molecular complexity index is 773. The number of thiophene rings is 1. The SMILES string of the molecule is O=C(NS(=O)(=O)c1sccc1Br)c1cc2n(n1)CCCO2. The fraction of sp³-hybridized carbons (Fsp3) is 0.273. The number of nitrogens with one attached hydrogen (secondary N) is 1. The molecule has 0 radical (unpaired) electrons. The molecule has 0 atom stereocenters. The molecule has 0 aliphatic carbocycles. The highest BCUT2D eigenvalue weighted by Crippen LogP contribution is 2.27. The molecule has 1 amide bonds. The van der Waals surface area contributed by atoms with E-state index in [1.165, 1.54) is 6.07 Å². The van der Waals surface area contributed by atoms with Crippen LogP contribution < -0.4 is 9.46 Å². The van der Waals surface area contributed by atoms with Crippen LogP contribution in [0.5, 0.6) is 5.88 Å². The summed E-state index contributed by atoms with van der Waals surface area (Å²) < 4.78 is 33.6. The van der Waals surface area contributed by atoms with E-state index in [2.05, 4.69) is 21.0 Å². The smallest absolute Gasteiger partial charge is 0.285 e. The Morgan fingerprint density at radius 1 is 1.52 bits per heavy atom. The monoisotopic (exact) mass is 391 g/mol. The summed E-state index contributed by atoms with van der Waals surface area (Å²) in [6.45, 7) is 1.21. The molecular weight excluding hydrogens is 382 g/mol. The van der Waals surface area contributed by atoms with Gasteiger partial charge in [-0.25, -0.2) is 17.8 Å². The van der Waals surface area contributed by atoms with Crippen LogP contribution in [0.1, 0.15) is 16.9 Å². The first kappa shape index (κ1) is 14.5. The molecular formula is C11H10BrN3O4S2. The van der Waals surface area contributed by atoms with E-state index in [0.717, 1.165) is 17.8 Å². The summed E-state index contributed by atoms with van der Waals surface area (Å²) in [5.74, 6) is -0.304. The number of fused-ring (bicyclic) bond motifs is 1. The predicted molar refractivity (Wildman–Crippen MR) is 79.0 cm³/mol. The minimum atomic E-state index is -3.91. The number of carbonyl (C=O) groups excluding carboxylic acids is 1. The molecule has 0 unspecified atom stereocenters. The van der Waals surface area contributed by atoms with Crippen molar-refractivity contribution in [1.82, 2.24) is 14.5 Å². The van der Waals surface area contributed by atoms with Crippen molar-refractivity contribution in [2.45, 2.75) is 17.2 Å². The van der Waals surface area contributed by atoms with Gasteiger partial charge in [0.25, 0.3) is 15.9 Å². The number of hydrogen-bond donors (Lipinski definition) is 1. The van der Waals surface area contributed by atoms with Crippen LogP contribution in [0.25, 0.3) is 0 Å². The standard InChI is InChI=1S/C11H10BrN3O4S2/c12-7-2-5-20-11(7)21(17,18)14-10(16)8-6-9-15(13-8)3-1-4-19-9/h2,5-6H,1,3-4H2,(H,14,16). The molecule has 112 valence electrons. The molecule has 0 bridgehead atoms. The largest absolute Gasteiger partial charge is 0.478 e. The van der Waals surface area contributed by atoms with Gasteiger partial charge in [0.15, 0.2) is 9.90 Å². The average molecular weight is 392 g/mol. The minimum Gasteiger partial charge on any atom is -0.478 e. The van der Waals surface area contributed by atoms with Crippen molar-refractivity contribution in [3.05, 3.63) is 27.7 Å². The Hall–Kier alpha value is -1.39. The van der Waals surface area contributed by atoms with Crippen molar-refractivity contribution >= 4 is 43.2 Å². The molecule has 2 aromatic heterocycles. The van der Waals surface area contributed by atoms with E-state index in [-0.39, 0.29) is 9.90 Å². The lowest BCUT2D eigenvalue weighted by molar-refractivity contribution is 0.0975. The van der Waals surface area contributed by atoms with E-state index in [1.54, 1.807) is 16.1 Å². The number of amides is 1. The number of rotatable bonds is 3. The number of sulfonamides is 1. The number of nitrogens with zero attached hydrogens (tertiary/aromatic N) is 2. The van der Waals surface area contributed by atoms with Crippen molar-refractivity contribution in [1.29, 1.82) is 0 Å². The number of ether oxygens (including phenoxy) is 1. The van der Waals surface area contributed by atoms with Gasteiger partial charge in [-0.3, -0.25) is 4.79 Å². The lowest BCUT2D eigenvalue weighted by Gasteiger charge is -2.13. The lowest BCUT2D eigenvalue weighted by Crippen LogP contribution is -2.30. The normalized spacial score (nSPS) is 14.3. The quantitative estimate of drug-likeness (QED) is 0.857. The maximum absolute atomic E-state index is 12.1. The molecule has 1 aliphatic heterocycles. The van der Waals surface area contributed by atoms with Gasteiger partial charge in [0.05, 0.1) is 6.61 Å². The van der Waals surface area contributed by atoms with E-state index in [0.29, 0.717) is 23.5 Å². The third-order valence-electron chi connectivity index (χ3n) is 2.80. The second-order valence-corrected chi connectivity index (χ2v) is 7.93. The molecule has 0 saturated heterocycles. The summed E-state index contributed by atoms with van der Waals surface area (Å²) in [6, 6.07) is 3.04. The van der Waals surface area contributed by atoms with Crippen LogP contribution in [0.4, 0.5) is 0 Å². The average Bonchev–Trinajstić information content (AvgIpc) is 3.03. The molecule has 0 saturated carbocycles. The van der Waals surface area contributed by atoms with Crippen LogP contribution in [-0.4, -0.2) is 30.7 Å². The summed E-state index contributed by atoms with van der Waals surface area (Å²) in [5, 5.41) is 5.66. The Morgan fingerprint density at radius 3 is 3.00 bits per heavy atom. The first-order valence-corrected chi connectivity index (χ1v) is 9.14. The second kappa shape index (κ2) is 5.43. The Kier molecular flexibility index (Phi) is 3.76. The Morgan fingerprint density at radius 2 is 2.33 bits per heavy atom. The van der Waals surface area contributed by atoms with E-state index < -0.39 is 15.9 Å². The van der Waals surface area contributed by atoms with Crippen LogP contribution >= 0.6 is 27.3 Å². The van der Waals surface area contributed by atoms with Gasteiger partial charge in [0.1, 0.15) is 0 Å². The van der Waals surface area contributed by atoms with Gasteiger partial charge < -0.3 is 4.74 Å². The number of hydrogen-bond acceptors (Lipinski definition) is 6. The van der Waals surface area contributed by atoms with Gasteiger partial charge in [-0.1, -0.05) is 0 Å². The number of halogens is 1. The molecule has 3 heterocycles.